The fraction of sp³-hybridized carbons (Fsp3) is 0.800. The molecule has 16 heavy (non-hydrogen) atoms. The number of carboxylic acids is 2. The maximum Gasteiger partial charge on any atom is 1.00 e. The average molecular weight is 234 g/mol. The molecule has 0 heterocycles. The van der Waals surface area contributed by atoms with Gasteiger partial charge in [-0.05, 0) is 11.8 Å². The zero-order chi connectivity index (χ0) is 11.6. The second-order valence-electron chi connectivity index (χ2n) is 4.52. The van der Waals surface area contributed by atoms with E-state index in [9.17, 15) is 9.59 Å². The summed E-state index contributed by atoms with van der Waals surface area (Å²) in [5.41, 5.74) is -2.47. The second-order valence-corrected chi connectivity index (χ2v) is 4.52. The van der Waals surface area contributed by atoms with Gasteiger partial charge in [0, 0.05) is 0 Å². The van der Waals surface area contributed by atoms with Crippen LogP contribution < -0.4 is 48.4 Å². The van der Waals surface area contributed by atoms with Crippen molar-refractivity contribution in [1.82, 2.24) is 0 Å². The van der Waals surface area contributed by atoms with Crippen LogP contribution in [0.1, 0.15) is 43.4 Å². The van der Waals surface area contributed by atoms with Crippen LogP contribution in [0.2, 0.25) is 0 Å². The molecule has 0 fully saturated rings. The smallest absolute Gasteiger partial charge is 1.00 e. The Labute approximate surface area is 134 Å². The van der Waals surface area contributed by atoms with Gasteiger partial charge in [-0.15, -0.1) is 0 Å². The Balaban J connectivity index is -0.000000141. The first-order valence-electron chi connectivity index (χ1n) is 4.67. The first kappa shape index (κ1) is 21.8. The molecule has 0 saturated heterocycles. The van der Waals surface area contributed by atoms with Gasteiger partial charge >= 0.3 is 60.4 Å². The standard InChI is InChI=1S/C10H18O4.Li.Na.2H/c1-5-6-10(7(11)12,8(13)14)9(2,3)4;;;;/h5-6H2,1-4H3,(H,11,12)(H,13,14);;;;/q;2*+1;2*-1. The van der Waals surface area contributed by atoms with Crippen molar-refractivity contribution in [3.8, 4) is 0 Å². The summed E-state index contributed by atoms with van der Waals surface area (Å²) >= 11 is 0. The van der Waals surface area contributed by atoms with Crippen molar-refractivity contribution < 1.29 is 71.1 Å². The van der Waals surface area contributed by atoms with Crippen molar-refractivity contribution in [2.24, 2.45) is 10.8 Å². The van der Waals surface area contributed by atoms with Gasteiger partial charge in [-0.1, -0.05) is 34.1 Å². The molecule has 0 radical (unpaired) electrons. The van der Waals surface area contributed by atoms with Crippen LogP contribution in [-0.2, 0) is 9.59 Å². The summed E-state index contributed by atoms with van der Waals surface area (Å²) < 4.78 is 0. The third-order valence-electron chi connectivity index (χ3n) is 2.64. The molecule has 0 amide bonds. The largest absolute Gasteiger partial charge is 1.00 e. The minimum absolute atomic E-state index is 0. The maximum atomic E-state index is 11.1. The second kappa shape index (κ2) is 7.79. The molecular weight excluding hydrogens is 214 g/mol. The summed E-state index contributed by atoms with van der Waals surface area (Å²) in [6, 6.07) is 0. The number of carboxylic acid groups (broad SMARTS) is 2. The molecule has 0 aromatic carbocycles. The predicted molar refractivity (Wildman–Crippen MR) is 54.3 cm³/mol. The van der Waals surface area contributed by atoms with Crippen LogP contribution >= 0.6 is 0 Å². The van der Waals surface area contributed by atoms with Gasteiger partial charge in [-0.2, -0.15) is 0 Å². The molecular formula is C10H20LiNaO4. The van der Waals surface area contributed by atoms with Gasteiger partial charge < -0.3 is 13.1 Å². The van der Waals surface area contributed by atoms with Crippen LogP contribution in [0.3, 0.4) is 0 Å². The molecule has 0 aliphatic carbocycles. The molecule has 2 N–H and O–H groups in total. The number of rotatable bonds is 4. The van der Waals surface area contributed by atoms with E-state index in [-0.39, 0.29) is 57.7 Å². The van der Waals surface area contributed by atoms with Crippen LogP contribution in [0.15, 0.2) is 0 Å². The van der Waals surface area contributed by atoms with E-state index in [1.165, 1.54) is 0 Å². The summed E-state index contributed by atoms with van der Waals surface area (Å²) in [5, 5.41) is 18.2. The maximum absolute atomic E-state index is 11.1. The fourth-order valence-corrected chi connectivity index (χ4v) is 1.70. The number of aliphatic carboxylic acids is 2. The Bertz CT molecular complexity index is 243. The molecule has 0 aromatic heterocycles. The van der Waals surface area contributed by atoms with Gasteiger partial charge in [0.25, 0.3) is 0 Å². The van der Waals surface area contributed by atoms with Gasteiger partial charge in [0.1, 0.15) is 0 Å². The molecule has 0 unspecified atom stereocenters. The molecule has 0 rings (SSSR count). The van der Waals surface area contributed by atoms with Crippen molar-refractivity contribution >= 4 is 11.9 Å². The van der Waals surface area contributed by atoms with Gasteiger partial charge in [-0.25, -0.2) is 0 Å². The topological polar surface area (TPSA) is 74.6 Å². The first-order chi connectivity index (χ1) is 6.20. The summed E-state index contributed by atoms with van der Waals surface area (Å²) in [4.78, 5) is 22.2. The SMILES string of the molecule is CCCC(C(=O)O)(C(=O)O)C(C)(C)C.[H-].[H-].[Li+].[Na+]. The summed E-state index contributed by atoms with van der Waals surface area (Å²) in [5.74, 6) is -2.50. The normalized spacial score (nSPS) is 11.0. The Morgan fingerprint density at radius 1 is 1.12 bits per heavy atom. The molecule has 0 aliphatic rings. The van der Waals surface area contributed by atoms with Crippen LogP contribution in [0.25, 0.3) is 0 Å². The Kier molecular flexibility index (Phi) is 10.6. The monoisotopic (exact) mass is 234 g/mol. The van der Waals surface area contributed by atoms with E-state index in [0.29, 0.717) is 6.42 Å². The molecule has 0 aromatic rings. The van der Waals surface area contributed by atoms with Crippen molar-refractivity contribution in [3.05, 3.63) is 0 Å². The Hall–Kier alpha value is 0.537. The zero-order valence-electron chi connectivity index (χ0n) is 13.1. The average Bonchev–Trinajstić information content (AvgIpc) is 1.95. The quantitative estimate of drug-likeness (QED) is 0.387. The minimum Gasteiger partial charge on any atom is -1.00 e. The van der Waals surface area contributed by atoms with E-state index in [1.807, 2.05) is 0 Å². The van der Waals surface area contributed by atoms with Crippen LogP contribution in [0.4, 0.5) is 0 Å². The fourth-order valence-electron chi connectivity index (χ4n) is 1.70. The third-order valence-corrected chi connectivity index (χ3v) is 2.64. The number of carbonyl (C=O) groups is 2. The summed E-state index contributed by atoms with van der Waals surface area (Å²) in [6.07, 6.45) is 0.692. The molecule has 0 atom stereocenters. The van der Waals surface area contributed by atoms with Crippen LogP contribution in [0.5, 0.6) is 0 Å². The van der Waals surface area contributed by atoms with Crippen molar-refractivity contribution in [3.63, 3.8) is 0 Å². The third kappa shape index (κ3) is 4.09. The van der Waals surface area contributed by atoms with E-state index in [2.05, 4.69) is 0 Å². The summed E-state index contributed by atoms with van der Waals surface area (Å²) in [6.45, 7) is 6.72. The number of hydrogen-bond donors (Lipinski definition) is 2. The van der Waals surface area contributed by atoms with Crippen LogP contribution in [0, 0.1) is 10.8 Å². The molecule has 0 bridgehead atoms. The molecule has 86 valence electrons. The van der Waals surface area contributed by atoms with E-state index in [1.54, 1.807) is 27.7 Å². The molecule has 6 heteroatoms. The zero-order valence-corrected chi connectivity index (χ0v) is 13.1. The minimum atomic E-state index is -1.68. The van der Waals surface area contributed by atoms with Crippen LogP contribution in [-0.4, -0.2) is 22.2 Å². The van der Waals surface area contributed by atoms with Gasteiger partial charge in [0.2, 0.25) is 0 Å². The van der Waals surface area contributed by atoms with Crippen molar-refractivity contribution in [2.75, 3.05) is 0 Å². The van der Waals surface area contributed by atoms with Gasteiger partial charge in [0.15, 0.2) is 5.41 Å². The molecule has 0 aliphatic heterocycles. The van der Waals surface area contributed by atoms with E-state index >= 15 is 0 Å². The van der Waals surface area contributed by atoms with Gasteiger partial charge in [-0.3, -0.25) is 9.59 Å². The molecule has 0 spiro atoms. The van der Waals surface area contributed by atoms with E-state index in [0.717, 1.165) is 0 Å². The Morgan fingerprint density at radius 3 is 1.50 bits per heavy atom. The predicted octanol–water partition coefficient (Wildman–Crippen LogP) is -3.78. The van der Waals surface area contributed by atoms with Gasteiger partial charge in [0.05, 0.1) is 0 Å². The first-order valence-corrected chi connectivity index (χ1v) is 4.67. The van der Waals surface area contributed by atoms with Crippen molar-refractivity contribution in [1.29, 1.82) is 0 Å². The molecule has 0 saturated carbocycles. The van der Waals surface area contributed by atoms with Crippen molar-refractivity contribution in [2.45, 2.75) is 40.5 Å². The number of hydrogen-bond acceptors (Lipinski definition) is 2. The summed E-state index contributed by atoms with van der Waals surface area (Å²) in [7, 11) is 0. The Morgan fingerprint density at radius 2 is 1.44 bits per heavy atom. The van der Waals surface area contributed by atoms with E-state index < -0.39 is 22.8 Å². The molecule has 4 nitrogen and oxygen atoms in total. The van der Waals surface area contributed by atoms with E-state index in [4.69, 9.17) is 10.2 Å².